The van der Waals surface area contributed by atoms with E-state index < -0.39 is 4.92 Å². The topological polar surface area (TPSA) is 56.0 Å². The van der Waals surface area contributed by atoms with Crippen LogP contribution in [0.15, 0.2) is 46.5 Å². The first-order chi connectivity index (χ1) is 8.58. The molecule has 18 heavy (non-hydrogen) atoms. The fraction of sp³-hybridized carbons (Fsp3) is 0.154. The summed E-state index contributed by atoms with van der Waals surface area (Å²) in [6.45, 7) is 4.05. The van der Waals surface area contributed by atoms with Crippen molar-refractivity contribution in [1.29, 1.82) is 0 Å². The summed E-state index contributed by atoms with van der Waals surface area (Å²) in [5, 5.41) is 11.3. The number of aryl methyl sites for hydroxylation is 2. The Morgan fingerprint density at radius 1 is 1.22 bits per heavy atom. The maximum absolute atomic E-state index is 10.9. The van der Waals surface area contributed by atoms with Gasteiger partial charge in [0.25, 0.3) is 0 Å². The van der Waals surface area contributed by atoms with Crippen molar-refractivity contribution in [2.45, 2.75) is 23.8 Å². The molecule has 0 fully saturated rings. The third-order valence-corrected chi connectivity index (χ3v) is 3.64. The van der Waals surface area contributed by atoms with Crippen LogP contribution in [0, 0.1) is 24.0 Å². The van der Waals surface area contributed by atoms with Crippen LogP contribution < -0.4 is 0 Å². The standard InChI is InChI=1S/C13H12N2O2S/c1-9-5-6-11(8-10(9)2)18-13-12(15(16)17)4-3-7-14-13/h3-8H,1-2H3. The van der Waals surface area contributed by atoms with Gasteiger partial charge in [-0.3, -0.25) is 10.1 Å². The van der Waals surface area contributed by atoms with E-state index in [0.29, 0.717) is 5.03 Å². The molecule has 4 nitrogen and oxygen atoms in total. The number of nitro groups is 1. The highest BCUT2D eigenvalue weighted by atomic mass is 32.2. The maximum Gasteiger partial charge on any atom is 0.301 e. The monoisotopic (exact) mass is 260 g/mol. The Morgan fingerprint density at radius 2 is 2.00 bits per heavy atom. The van der Waals surface area contributed by atoms with Crippen molar-refractivity contribution in [2.24, 2.45) is 0 Å². The average molecular weight is 260 g/mol. The zero-order valence-electron chi connectivity index (χ0n) is 10.1. The highest BCUT2D eigenvalue weighted by Crippen LogP contribution is 2.33. The van der Waals surface area contributed by atoms with Crippen molar-refractivity contribution in [2.75, 3.05) is 0 Å². The van der Waals surface area contributed by atoms with E-state index in [4.69, 9.17) is 0 Å². The van der Waals surface area contributed by atoms with Crippen LogP contribution in [-0.4, -0.2) is 9.91 Å². The summed E-state index contributed by atoms with van der Waals surface area (Å²) in [5.41, 5.74) is 2.41. The van der Waals surface area contributed by atoms with Crippen molar-refractivity contribution in [3.8, 4) is 0 Å². The van der Waals surface area contributed by atoms with Gasteiger partial charge in [0.05, 0.1) is 4.92 Å². The van der Waals surface area contributed by atoms with Gasteiger partial charge in [0.1, 0.15) is 0 Å². The Labute approximate surface area is 109 Å². The van der Waals surface area contributed by atoms with E-state index in [2.05, 4.69) is 4.98 Å². The van der Waals surface area contributed by atoms with Gasteiger partial charge < -0.3 is 0 Å². The molecular formula is C13H12N2O2S. The second kappa shape index (κ2) is 5.18. The van der Waals surface area contributed by atoms with Gasteiger partial charge in [-0.05, 0) is 43.2 Å². The minimum Gasteiger partial charge on any atom is -0.258 e. The molecule has 0 N–H and O–H groups in total. The third kappa shape index (κ3) is 2.68. The fourth-order valence-electron chi connectivity index (χ4n) is 1.49. The molecule has 1 aromatic heterocycles. The van der Waals surface area contributed by atoms with Crippen LogP contribution in [0.3, 0.4) is 0 Å². The Bertz CT molecular complexity index is 599. The molecule has 0 aliphatic carbocycles. The summed E-state index contributed by atoms with van der Waals surface area (Å²) in [4.78, 5) is 15.5. The lowest BCUT2D eigenvalue weighted by Gasteiger charge is -2.04. The average Bonchev–Trinajstić information content (AvgIpc) is 2.34. The molecule has 0 saturated heterocycles. The minimum atomic E-state index is -0.406. The van der Waals surface area contributed by atoms with E-state index in [1.54, 1.807) is 12.3 Å². The Balaban J connectivity index is 2.34. The fourth-order valence-corrected chi connectivity index (χ4v) is 2.44. The van der Waals surface area contributed by atoms with Crippen molar-refractivity contribution in [3.05, 3.63) is 57.8 Å². The predicted octanol–water partition coefficient (Wildman–Crippen LogP) is 3.76. The van der Waals surface area contributed by atoms with Gasteiger partial charge in [-0.15, -0.1) is 0 Å². The van der Waals surface area contributed by atoms with Gasteiger partial charge in [-0.25, -0.2) is 4.98 Å². The van der Waals surface area contributed by atoms with Gasteiger partial charge >= 0.3 is 5.69 Å². The zero-order chi connectivity index (χ0) is 13.1. The number of rotatable bonds is 3. The molecule has 0 radical (unpaired) electrons. The van der Waals surface area contributed by atoms with Crippen molar-refractivity contribution < 1.29 is 4.92 Å². The number of hydrogen-bond acceptors (Lipinski definition) is 4. The van der Waals surface area contributed by atoms with Crippen molar-refractivity contribution in [1.82, 2.24) is 4.98 Å². The molecule has 92 valence electrons. The van der Waals surface area contributed by atoms with E-state index in [-0.39, 0.29) is 5.69 Å². The largest absolute Gasteiger partial charge is 0.301 e. The maximum atomic E-state index is 10.9. The van der Waals surface area contributed by atoms with Crippen LogP contribution in [0.25, 0.3) is 0 Å². The second-order valence-corrected chi connectivity index (χ2v) is 5.00. The normalized spacial score (nSPS) is 10.3. The Morgan fingerprint density at radius 3 is 2.67 bits per heavy atom. The SMILES string of the molecule is Cc1ccc(Sc2ncccc2[N+](=O)[O-])cc1C. The van der Waals surface area contributed by atoms with E-state index in [1.165, 1.54) is 29.0 Å². The second-order valence-electron chi connectivity index (χ2n) is 3.93. The molecule has 0 saturated carbocycles. The number of nitrogens with zero attached hydrogens (tertiary/aromatic N) is 2. The number of benzene rings is 1. The first kappa shape index (κ1) is 12.6. The highest BCUT2D eigenvalue weighted by Gasteiger charge is 2.15. The summed E-state index contributed by atoms with van der Waals surface area (Å²) in [6.07, 6.45) is 1.57. The summed E-state index contributed by atoms with van der Waals surface area (Å²) in [5.74, 6) is 0. The van der Waals surface area contributed by atoms with Crippen LogP contribution in [0.5, 0.6) is 0 Å². The molecule has 1 aromatic carbocycles. The van der Waals surface area contributed by atoms with Crippen molar-refractivity contribution >= 4 is 17.4 Å². The van der Waals surface area contributed by atoms with Crippen molar-refractivity contribution in [3.63, 3.8) is 0 Å². The predicted molar refractivity (Wildman–Crippen MR) is 70.9 cm³/mol. The van der Waals surface area contributed by atoms with E-state index >= 15 is 0 Å². The first-order valence-corrected chi connectivity index (χ1v) is 6.24. The molecule has 0 aliphatic rings. The molecular weight excluding hydrogens is 248 g/mol. The lowest BCUT2D eigenvalue weighted by Crippen LogP contribution is -1.92. The molecule has 0 unspecified atom stereocenters. The molecule has 0 amide bonds. The highest BCUT2D eigenvalue weighted by molar-refractivity contribution is 7.99. The Hall–Kier alpha value is -1.88. The van der Waals surface area contributed by atoms with Gasteiger partial charge in [0, 0.05) is 17.2 Å². The van der Waals surface area contributed by atoms with Gasteiger partial charge in [0.15, 0.2) is 5.03 Å². The summed E-state index contributed by atoms with van der Waals surface area (Å²) >= 11 is 1.31. The van der Waals surface area contributed by atoms with Crippen LogP contribution in [0.1, 0.15) is 11.1 Å². The van der Waals surface area contributed by atoms with Crippen LogP contribution >= 0.6 is 11.8 Å². The molecule has 0 bridgehead atoms. The molecule has 5 heteroatoms. The van der Waals surface area contributed by atoms with E-state index in [9.17, 15) is 10.1 Å². The van der Waals surface area contributed by atoms with Crippen LogP contribution in [0.4, 0.5) is 5.69 Å². The summed E-state index contributed by atoms with van der Waals surface area (Å²) in [6, 6.07) is 9.01. The molecule has 0 atom stereocenters. The number of aromatic nitrogens is 1. The van der Waals surface area contributed by atoms with Gasteiger partial charge in [-0.1, -0.05) is 17.8 Å². The molecule has 0 spiro atoms. The van der Waals surface area contributed by atoms with E-state index in [1.807, 2.05) is 32.0 Å². The summed E-state index contributed by atoms with van der Waals surface area (Å²) in [7, 11) is 0. The van der Waals surface area contributed by atoms with Gasteiger partial charge in [0.2, 0.25) is 0 Å². The lowest BCUT2D eigenvalue weighted by molar-refractivity contribution is -0.388. The molecule has 2 rings (SSSR count). The van der Waals surface area contributed by atoms with E-state index in [0.717, 1.165) is 4.90 Å². The number of pyridine rings is 1. The molecule has 2 aromatic rings. The summed E-state index contributed by atoms with van der Waals surface area (Å²) < 4.78 is 0. The lowest BCUT2D eigenvalue weighted by atomic mass is 10.1. The Kier molecular flexibility index (Phi) is 3.62. The smallest absolute Gasteiger partial charge is 0.258 e. The minimum absolute atomic E-state index is 0.0423. The molecule has 0 aliphatic heterocycles. The zero-order valence-corrected chi connectivity index (χ0v) is 10.9. The number of hydrogen-bond donors (Lipinski definition) is 0. The van der Waals surface area contributed by atoms with Gasteiger partial charge in [-0.2, -0.15) is 0 Å². The van der Waals surface area contributed by atoms with Crippen LogP contribution in [0.2, 0.25) is 0 Å². The first-order valence-electron chi connectivity index (χ1n) is 5.42. The third-order valence-electron chi connectivity index (χ3n) is 2.64. The molecule has 1 heterocycles. The quantitative estimate of drug-likeness (QED) is 0.623. The van der Waals surface area contributed by atoms with Crippen LogP contribution in [-0.2, 0) is 0 Å².